The third kappa shape index (κ3) is 2.13. The standard InChI is InChI=1S/C12H16O4/c1-8(13)5-9-10-6-15-7-16-12(10)4-3-11(9)14-2/h3-4,8,13H,5-7H2,1-2H3. The van der Waals surface area contributed by atoms with E-state index in [0.29, 0.717) is 13.0 Å². The Labute approximate surface area is 94.8 Å². The number of benzene rings is 1. The summed E-state index contributed by atoms with van der Waals surface area (Å²) in [5.74, 6) is 1.59. The van der Waals surface area contributed by atoms with Gasteiger partial charge in [-0.25, -0.2) is 0 Å². The van der Waals surface area contributed by atoms with Crippen LogP contribution in [0.2, 0.25) is 0 Å². The summed E-state index contributed by atoms with van der Waals surface area (Å²) in [7, 11) is 1.62. The second-order valence-electron chi connectivity index (χ2n) is 3.89. The summed E-state index contributed by atoms with van der Waals surface area (Å²) in [6.07, 6.45) is 0.126. The highest BCUT2D eigenvalue weighted by molar-refractivity contribution is 5.49. The predicted molar refractivity (Wildman–Crippen MR) is 58.7 cm³/mol. The summed E-state index contributed by atoms with van der Waals surface area (Å²) in [6.45, 7) is 2.55. The minimum absolute atomic E-state index is 0.285. The highest BCUT2D eigenvalue weighted by Gasteiger charge is 2.19. The molecule has 0 radical (unpaired) electrons. The first kappa shape index (κ1) is 11.2. The molecule has 1 N–H and O–H groups in total. The van der Waals surface area contributed by atoms with Crippen molar-refractivity contribution in [3.8, 4) is 11.5 Å². The Kier molecular flexibility index (Phi) is 3.31. The maximum absolute atomic E-state index is 9.49. The number of fused-ring (bicyclic) bond motifs is 1. The summed E-state index contributed by atoms with van der Waals surface area (Å²) < 4.78 is 15.9. The molecule has 1 aliphatic rings. The highest BCUT2D eigenvalue weighted by atomic mass is 16.7. The van der Waals surface area contributed by atoms with E-state index in [4.69, 9.17) is 14.2 Å². The van der Waals surface area contributed by atoms with Crippen molar-refractivity contribution in [3.05, 3.63) is 23.3 Å². The minimum Gasteiger partial charge on any atom is -0.496 e. The first-order valence-corrected chi connectivity index (χ1v) is 5.29. The van der Waals surface area contributed by atoms with Crippen molar-refractivity contribution in [3.63, 3.8) is 0 Å². The van der Waals surface area contributed by atoms with Crippen LogP contribution in [-0.4, -0.2) is 25.1 Å². The van der Waals surface area contributed by atoms with Gasteiger partial charge in [0.1, 0.15) is 11.5 Å². The van der Waals surface area contributed by atoms with Crippen molar-refractivity contribution in [1.82, 2.24) is 0 Å². The van der Waals surface area contributed by atoms with E-state index in [9.17, 15) is 5.11 Å². The molecule has 1 unspecified atom stereocenters. The number of ether oxygens (including phenoxy) is 3. The van der Waals surface area contributed by atoms with Gasteiger partial charge in [0, 0.05) is 17.5 Å². The van der Waals surface area contributed by atoms with Crippen LogP contribution in [0.25, 0.3) is 0 Å². The van der Waals surface area contributed by atoms with Crippen molar-refractivity contribution in [2.24, 2.45) is 0 Å². The van der Waals surface area contributed by atoms with Crippen molar-refractivity contribution in [2.45, 2.75) is 26.1 Å². The average molecular weight is 224 g/mol. The van der Waals surface area contributed by atoms with Gasteiger partial charge in [-0.3, -0.25) is 0 Å². The predicted octanol–water partition coefficient (Wildman–Crippen LogP) is 1.48. The maximum atomic E-state index is 9.49. The van der Waals surface area contributed by atoms with Crippen LogP contribution in [0, 0.1) is 0 Å². The maximum Gasteiger partial charge on any atom is 0.189 e. The van der Waals surface area contributed by atoms with E-state index < -0.39 is 6.10 Å². The molecule has 0 aromatic heterocycles. The number of aliphatic hydroxyl groups excluding tert-OH is 1. The Hall–Kier alpha value is -1.26. The van der Waals surface area contributed by atoms with Gasteiger partial charge in [0.05, 0.1) is 19.8 Å². The van der Waals surface area contributed by atoms with Crippen molar-refractivity contribution in [2.75, 3.05) is 13.9 Å². The number of rotatable bonds is 3. The normalized spacial score (nSPS) is 16.2. The molecule has 0 saturated heterocycles. The third-order valence-electron chi connectivity index (χ3n) is 2.61. The van der Waals surface area contributed by atoms with Gasteiger partial charge in [-0.2, -0.15) is 0 Å². The molecule has 0 amide bonds. The van der Waals surface area contributed by atoms with E-state index in [-0.39, 0.29) is 6.79 Å². The summed E-state index contributed by atoms with van der Waals surface area (Å²) in [5, 5.41) is 9.49. The zero-order valence-corrected chi connectivity index (χ0v) is 9.53. The number of hydrogen-bond acceptors (Lipinski definition) is 4. The highest BCUT2D eigenvalue weighted by Crippen LogP contribution is 2.34. The SMILES string of the molecule is COc1ccc2c(c1CC(C)O)COCO2. The number of aliphatic hydroxyl groups is 1. The van der Waals surface area contributed by atoms with Gasteiger partial charge in [0.2, 0.25) is 0 Å². The Morgan fingerprint density at radius 1 is 1.50 bits per heavy atom. The van der Waals surface area contributed by atoms with Crippen molar-refractivity contribution in [1.29, 1.82) is 0 Å². The van der Waals surface area contributed by atoms with Gasteiger partial charge in [-0.15, -0.1) is 0 Å². The average Bonchev–Trinajstić information content (AvgIpc) is 2.29. The molecule has 1 aromatic rings. The van der Waals surface area contributed by atoms with E-state index in [1.165, 1.54) is 0 Å². The van der Waals surface area contributed by atoms with Gasteiger partial charge in [-0.1, -0.05) is 0 Å². The van der Waals surface area contributed by atoms with E-state index >= 15 is 0 Å². The first-order valence-electron chi connectivity index (χ1n) is 5.29. The Morgan fingerprint density at radius 3 is 3.00 bits per heavy atom. The molecule has 1 aliphatic heterocycles. The van der Waals surface area contributed by atoms with Gasteiger partial charge in [0.15, 0.2) is 6.79 Å². The molecule has 0 fully saturated rings. The lowest BCUT2D eigenvalue weighted by atomic mass is 10.00. The van der Waals surface area contributed by atoms with Crippen LogP contribution in [0.3, 0.4) is 0 Å². The Balaban J connectivity index is 2.43. The molecule has 88 valence electrons. The zero-order chi connectivity index (χ0) is 11.5. The molecule has 0 saturated carbocycles. The van der Waals surface area contributed by atoms with E-state index in [2.05, 4.69) is 0 Å². The molecule has 1 aromatic carbocycles. The largest absolute Gasteiger partial charge is 0.496 e. The molecule has 0 aliphatic carbocycles. The summed E-state index contributed by atoms with van der Waals surface area (Å²) in [4.78, 5) is 0. The van der Waals surface area contributed by atoms with Crippen LogP contribution in [0.15, 0.2) is 12.1 Å². The van der Waals surface area contributed by atoms with Crippen LogP contribution in [-0.2, 0) is 17.8 Å². The molecule has 2 rings (SSSR count). The van der Waals surface area contributed by atoms with Crippen LogP contribution < -0.4 is 9.47 Å². The second kappa shape index (κ2) is 4.72. The lowest BCUT2D eigenvalue weighted by molar-refractivity contribution is -0.0171. The molecule has 4 nitrogen and oxygen atoms in total. The first-order chi connectivity index (χ1) is 7.72. The third-order valence-corrected chi connectivity index (χ3v) is 2.61. The van der Waals surface area contributed by atoms with Crippen molar-refractivity contribution < 1.29 is 19.3 Å². The smallest absolute Gasteiger partial charge is 0.189 e. The fraction of sp³-hybridized carbons (Fsp3) is 0.500. The minimum atomic E-state index is -0.415. The molecule has 0 bridgehead atoms. The Morgan fingerprint density at radius 2 is 2.31 bits per heavy atom. The lowest BCUT2D eigenvalue weighted by Gasteiger charge is -2.22. The van der Waals surface area contributed by atoms with E-state index in [1.54, 1.807) is 14.0 Å². The molecular formula is C12H16O4. The molecule has 1 atom stereocenters. The van der Waals surface area contributed by atoms with Gasteiger partial charge in [-0.05, 0) is 19.1 Å². The van der Waals surface area contributed by atoms with Crippen LogP contribution in [0.1, 0.15) is 18.1 Å². The number of hydrogen-bond donors (Lipinski definition) is 1. The molecule has 0 spiro atoms. The monoisotopic (exact) mass is 224 g/mol. The lowest BCUT2D eigenvalue weighted by Crippen LogP contribution is -2.16. The Bertz CT molecular complexity index is 374. The van der Waals surface area contributed by atoms with Crippen LogP contribution in [0.4, 0.5) is 0 Å². The molecular weight excluding hydrogens is 208 g/mol. The van der Waals surface area contributed by atoms with Gasteiger partial charge in [0.25, 0.3) is 0 Å². The van der Waals surface area contributed by atoms with Gasteiger partial charge < -0.3 is 19.3 Å². The summed E-state index contributed by atoms with van der Waals surface area (Å²) >= 11 is 0. The van der Waals surface area contributed by atoms with E-state index in [1.807, 2.05) is 12.1 Å². The summed E-state index contributed by atoms with van der Waals surface area (Å²) in [5.41, 5.74) is 1.95. The summed E-state index contributed by atoms with van der Waals surface area (Å²) in [6, 6.07) is 3.74. The van der Waals surface area contributed by atoms with Gasteiger partial charge >= 0.3 is 0 Å². The fourth-order valence-corrected chi connectivity index (χ4v) is 1.90. The van der Waals surface area contributed by atoms with E-state index in [0.717, 1.165) is 22.6 Å². The van der Waals surface area contributed by atoms with Crippen LogP contribution >= 0.6 is 0 Å². The molecule has 16 heavy (non-hydrogen) atoms. The quantitative estimate of drug-likeness (QED) is 0.845. The molecule has 4 heteroatoms. The van der Waals surface area contributed by atoms with Crippen LogP contribution in [0.5, 0.6) is 11.5 Å². The second-order valence-corrected chi connectivity index (χ2v) is 3.89. The number of methoxy groups -OCH3 is 1. The topological polar surface area (TPSA) is 47.9 Å². The zero-order valence-electron chi connectivity index (χ0n) is 9.53. The molecule has 1 heterocycles. The van der Waals surface area contributed by atoms with Crippen molar-refractivity contribution >= 4 is 0 Å². The fourth-order valence-electron chi connectivity index (χ4n) is 1.90.